The molecule has 1 atom stereocenters. The van der Waals surface area contributed by atoms with E-state index in [-0.39, 0.29) is 6.42 Å². The lowest BCUT2D eigenvalue weighted by molar-refractivity contribution is -0.147. The van der Waals surface area contributed by atoms with Gasteiger partial charge in [-0.3, -0.25) is 0 Å². The zero-order valence-corrected chi connectivity index (χ0v) is 10.2. The topological polar surface area (TPSA) is 26.0 Å². The number of nitrogens with two attached hydrogens (primary N) is 1. The molecule has 0 radical (unpaired) electrons. The van der Waals surface area contributed by atoms with E-state index in [2.05, 4.69) is 0 Å². The summed E-state index contributed by atoms with van der Waals surface area (Å²) in [5, 5.41) is 0. The molecule has 2 N–H and O–H groups in total. The summed E-state index contributed by atoms with van der Waals surface area (Å²) in [6, 6.07) is 14.9. The third kappa shape index (κ3) is 3.58. The third-order valence-corrected chi connectivity index (χ3v) is 2.94. The number of halogens is 3. The standard InChI is InChI=1S/C15H14F3N/c16-15(17,18)14(19)10-11-6-8-13(9-7-11)12-4-2-1-3-5-12/h1-9,14H,10,19H2. The van der Waals surface area contributed by atoms with Crippen LogP contribution in [0.4, 0.5) is 13.2 Å². The molecule has 0 bridgehead atoms. The van der Waals surface area contributed by atoms with Crippen molar-refractivity contribution in [1.29, 1.82) is 0 Å². The van der Waals surface area contributed by atoms with Gasteiger partial charge in [0.2, 0.25) is 0 Å². The Kier molecular flexibility index (Phi) is 3.90. The Morgan fingerprint density at radius 2 is 1.37 bits per heavy atom. The van der Waals surface area contributed by atoms with Crippen LogP contribution in [0.25, 0.3) is 11.1 Å². The number of rotatable bonds is 3. The number of hydrogen-bond acceptors (Lipinski definition) is 1. The van der Waals surface area contributed by atoms with Crippen molar-refractivity contribution < 1.29 is 13.2 Å². The van der Waals surface area contributed by atoms with E-state index in [1.54, 1.807) is 12.1 Å². The van der Waals surface area contributed by atoms with Gasteiger partial charge < -0.3 is 5.73 Å². The largest absolute Gasteiger partial charge is 0.403 e. The second kappa shape index (κ2) is 5.45. The van der Waals surface area contributed by atoms with Crippen LogP contribution in [0.3, 0.4) is 0 Å². The molecule has 4 heteroatoms. The first-order chi connectivity index (χ1) is 8.97. The average molecular weight is 265 g/mol. The van der Waals surface area contributed by atoms with Crippen molar-refractivity contribution in [3.05, 3.63) is 60.2 Å². The molecule has 0 aliphatic rings. The third-order valence-electron chi connectivity index (χ3n) is 2.94. The zero-order chi connectivity index (χ0) is 13.9. The number of alkyl halides is 3. The minimum Gasteiger partial charge on any atom is -0.320 e. The van der Waals surface area contributed by atoms with Crippen LogP contribution in [0.5, 0.6) is 0 Å². The SMILES string of the molecule is NC(Cc1ccc(-c2ccccc2)cc1)C(F)(F)F. The molecule has 0 fully saturated rings. The van der Waals surface area contributed by atoms with Gasteiger partial charge in [0, 0.05) is 0 Å². The normalized spacial score (nSPS) is 13.3. The summed E-state index contributed by atoms with van der Waals surface area (Å²) in [6.07, 6.45) is -4.54. The van der Waals surface area contributed by atoms with Crippen LogP contribution in [-0.4, -0.2) is 12.2 Å². The fourth-order valence-corrected chi connectivity index (χ4v) is 1.83. The van der Waals surface area contributed by atoms with Crippen LogP contribution in [-0.2, 0) is 6.42 Å². The summed E-state index contributed by atoms with van der Waals surface area (Å²) in [4.78, 5) is 0. The summed E-state index contributed by atoms with van der Waals surface area (Å²) < 4.78 is 37.1. The van der Waals surface area contributed by atoms with Gasteiger partial charge in [-0.15, -0.1) is 0 Å². The van der Waals surface area contributed by atoms with Gasteiger partial charge in [-0.2, -0.15) is 13.2 Å². The smallest absolute Gasteiger partial charge is 0.320 e. The van der Waals surface area contributed by atoms with Crippen molar-refractivity contribution in [2.45, 2.75) is 18.6 Å². The molecule has 0 aliphatic carbocycles. The maximum Gasteiger partial charge on any atom is 0.403 e. The van der Waals surface area contributed by atoms with Gasteiger partial charge in [0.1, 0.15) is 6.04 Å². The molecule has 1 unspecified atom stereocenters. The van der Waals surface area contributed by atoms with E-state index in [0.29, 0.717) is 5.56 Å². The monoisotopic (exact) mass is 265 g/mol. The van der Waals surface area contributed by atoms with E-state index in [4.69, 9.17) is 5.73 Å². The number of hydrogen-bond donors (Lipinski definition) is 1. The van der Waals surface area contributed by atoms with Gasteiger partial charge in [0.25, 0.3) is 0 Å². The summed E-state index contributed by atoms with van der Waals surface area (Å²) in [6.45, 7) is 0. The maximum absolute atomic E-state index is 12.4. The molecule has 19 heavy (non-hydrogen) atoms. The van der Waals surface area contributed by atoms with Crippen LogP contribution < -0.4 is 5.73 Å². The molecule has 100 valence electrons. The Labute approximate surface area is 109 Å². The van der Waals surface area contributed by atoms with Gasteiger partial charge in [-0.05, 0) is 23.1 Å². The van der Waals surface area contributed by atoms with Crippen molar-refractivity contribution >= 4 is 0 Å². The van der Waals surface area contributed by atoms with Crippen molar-refractivity contribution in [3.8, 4) is 11.1 Å². The molecule has 0 aromatic heterocycles. The lowest BCUT2D eigenvalue weighted by Gasteiger charge is -2.15. The van der Waals surface area contributed by atoms with Crippen LogP contribution in [0.15, 0.2) is 54.6 Å². The highest BCUT2D eigenvalue weighted by Gasteiger charge is 2.36. The molecule has 0 heterocycles. The fourth-order valence-electron chi connectivity index (χ4n) is 1.83. The van der Waals surface area contributed by atoms with Gasteiger partial charge in [-0.25, -0.2) is 0 Å². The van der Waals surface area contributed by atoms with Gasteiger partial charge in [0.05, 0.1) is 0 Å². The highest BCUT2D eigenvalue weighted by Crippen LogP contribution is 2.23. The average Bonchev–Trinajstić information content (AvgIpc) is 2.39. The van der Waals surface area contributed by atoms with E-state index in [1.807, 2.05) is 42.5 Å². The molecule has 0 aliphatic heterocycles. The molecule has 0 saturated heterocycles. The first-order valence-electron chi connectivity index (χ1n) is 5.93. The minimum absolute atomic E-state index is 0.196. The van der Waals surface area contributed by atoms with E-state index in [9.17, 15) is 13.2 Å². The summed E-state index contributed by atoms with van der Waals surface area (Å²) in [7, 11) is 0. The van der Waals surface area contributed by atoms with Gasteiger partial charge in [0.15, 0.2) is 0 Å². The Morgan fingerprint density at radius 1 is 0.842 bits per heavy atom. The Hall–Kier alpha value is -1.81. The molecular weight excluding hydrogens is 251 g/mol. The Morgan fingerprint density at radius 3 is 1.89 bits per heavy atom. The molecule has 2 rings (SSSR count). The van der Waals surface area contributed by atoms with Crippen molar-refractivity contribution in [2.24, 2.45) is 5.73 Å². The number of benzene rings is 2. The fraction of sp³-hybridized carbons (Fsp3) is 0.200. The molecule has 0 amide bonds. The lowest BCUT2D eigenvalue weighted by atomic mass is 10.0. The van der Waals surface area contributed by atoms with E-state index in [1.165, 1.54) is 0 Å². The van der Waals surface area contributed by atoms with Crippen molar-refractivity contribution in [1.82, 2.24) is 0 Å². The first-order valence-corrected chi connectivity index (χ1v) is 5.93. The Bertz CT molecular complexity index is 517. The second-order valence-electron chi connectivity index (χ2n) is 4.42. The maximum atomic E-state index is 12.4. The Balaban J connectivity index is 2.11. The highest BCUT2D eigenvalue weighted by atomic mass is 19.4. The molecule has 0 spiro atoms. The molecule has 2 aromatic carbocycles. The summed E-state index contributed by atoms with van der Waals surface area (Å²) in [5.41, 5.74) is 7.71. The van der Waals surface area contributed by atoms with E-state index < -0.39 is 12.2 Å². The highest BCUT2D eigenvalue weighted by molar-refractivity contribution is 5.63. The summed E-state index contributed by atoms with van der Waals surface area (Å²) in [5.74, 6) is 0. The predicted octanol–water partition coefficient (Wildman–Crippen LogP) is 3.79. The van der Waals surface area contributed by atoms with Crippen molar-refractivity contribution in [3.63, 3.8) is 0 Å². The minimum atomic E-state index is -4.35. The van der Waals surface area contributed by atoms with Gasteiger partial charge in [-0.1, -0.05) is 54.6 Å². The first kappa shape index (κ1) is 13.6. The van der Waals surface area contributed by atoms with Crippen LogP contribution in [0.2, 0.25) is 0 Å². The summed E-state index contributed by atoms with van der Waals surface area (Å²) >= 11 is 0. The van der Waals surface area contributed by atoms with Crippen LogP contribution in [0, 0.1) is 0 Å². The molecular formula is C15H14F3N. The zero-order valence-electron chi connectivity index (χ0n) is 10.2. The van der Waals surface area contributed by atoms with Crippen LogP contribution >= 0.6 is 0 Å². The van der Waals surface area contributed by atoms with Gasteiger partial charge >= 0.3 is 6.18 Å². The quantitative estimate of drug-likeness (QED) is 0.897. The van der Waals surface area contributed by atoms with E-state index >= 15 is 0 Å². The predicted molar refractivity (Wildman–Crippen MR) is 69.6 cm³/mol. The molecule has 2 aromatic rings. The molecule has 1 nitrogen and oxygen atoms in total. The van der Waals surface area contributed by atoms with Crippen molar-refractivity contribution in [2.75, 3.05) is 0 Å². The second-order valence-corrected chi connectivity index (χ2v) is 4.42. The molecule has 0 saturated carbocycles. The van der Waals surface area contributed by atoms with E-state index in [0.717, 1.165) is 11.1 Å². The lowest BCUT2D eigenvalue weighted by Crippen LogP contribution is -2.39. The van der Waals surface area contributed by atoms with Crippen LogP contribution in [0.1, 0.15) is 5.56 Å².